The fourth-order valence-electron chi connectivity index (χ4n) is 2.83. The molecule has 0 saturated carbocycles. The van der Waals surface area contributed by atoms with Gasteiger partial charge < -0.3 is 5.32 Å². The zero-order valence-electron chi connectivity index (χ0n) is 11.4. The van der Waals surface area contributed by atoms with E-state index >= 15 is 0 Å². The SMILES string of the molecule is CC1(C)CNC2=C[C@H](Cc3ccc(F)cc3)CN=C21. The van der Waals surface area contributed by atoms with E-state index in [1.807, 2.05) is 12.1 Å². The summed E-state index contributed by atoms with van der Waals surface area (Å²) in [6.45, 7) is 6.24. The number of aliphatic imine (C=N–C) groups is 1. The molecule has 2 aliphatic rings. The van der Waals surface area contributed by atoms with Crippen LogP contribution in [0.15, 0.2) is 41.0 Å². The van der Waals surface area contributed by atoms with Crippen LogP contribution in [0.2, 0.25) is 0 Å². The molecule has 1 atom stereocenters. The normalized spacial score (nSPS) is 24.3. The smallest absolute Gasteiger partial charge is 0.123 e. The van der Waals surface area contributed by atoms with E-state index in [1.165, 1.54) is 29.1 Å². The van der Waals surface area contributed by atoms with Crippen molar-refractivity contribution in [2.75, 3.05) is 13.1 Å². The van der Waals surface area contributed by atoms with Crippen molar-refractivity contribution < 1.29 is 4.39 Å². The number of halogens is 1. The Hall–Kier alpha value is -1.64. The predicted molar refractivity (Wildman–Crippen MR) is 75.8 cm³/mol. The molecule has 1 aromatic rings. The molecule has 3 rings (SSSR count). The van der Waals surface area contributed by atoms with Gasteiger partial charge in [-0.05, 0) is 24.1 Å². The second-order valence-corrected chi connectivity index (χ2v) is 6.10. The van der Waals surface area contributed by atoms with Crippen LogP contribution in [0.1, 0.15) is 19.4 Å². The van der Waals surface area contributed by atoms with Gasteiger partial charge in [-0.15, -0.1) is 0 Å². The Kier molecular flexibility index (Phi) is 2.92. The number of nitrogens with zero attached hydrogens (tertiary/aromatic N) is 1. The maximum absolute atomic E-state index is 12.9. The van der Waals surface area contributed by atoms with Gasteiger partial charge in [-0.2, -0.15) is 0 Å². The van der Waals surface area contributed by atoms with E-state index < -0.39 is 0 Å². The van der Waals surface area contributed by atoms with E-state index in [4.69, 9.17) is 4.99 Å². The molecule has 0 bridgehead atoms. The molecule has 1 N–H and O–H groups in total. The Morgan fingerprint density at radius 3 is 2.79 bits per heavy atom. The molecule has 1 saturated heterocycles. The number of nitrogens with one attached hydrogen (secondary N) is 1. The second-order valence-electron chi connectivity index (χ2n) is 6.10. The minimum atomic E-state index is -0.176. The molecule has 0 unspecified atom stereocenters. The summed E-state index contributed by atoms with van der Waals surface area (Å²) in [7, 11) is 0. The third-order valence-electron chi connectivity index (χ3n) is 3.91. The first kappa shape index (κ1) is 12.4. The lowest BCUT2D eigenvalue weighted by Gasteiger charge is -2.22. The summed E-state index contributed by atoms with van der Waals surface area (Å²) in [5.74, 6) is 0.232. The van der Waals surface area contributed by atoms with Crippen molar-refractivity contribution in [1.29, 1.82) is 0 Å². The Balaban J connectivity index is 1.73. The Bertz CT molecular complexity index is 540. The van der Waals surface area contributed by atoms with Crippen molar-refractivity contribution in [2.45, 2.75) is 20.3 Å². The predicted octanol–water partition coefficient (Wildman–Crippen LogP) is 2.95. The number of fused-ring (bicyclic) bond motifs is 1. The van der Waals surface area contributed by atoms with Crippen LogP contribution >= 0.6 is 0 Å². The van der Waals surface area contributed by atoms with Crippen LogP contribution in [0.3, 0.4) is 0 Å². The number of rotatable bonds is 2. The van der Waals surface area contributed by atoms with E-state index in [0.717, 1.165) is 19.5 Å². The molecule has 1 aromatic carbocycles. The lowest BCUT2D eigenvalue weighted by atomic mass is 9.86. The third-order valence-corrected chi connectivity index (χ3v) is 3.91. The minimum absolute atomic E-state index is 0.146. The highest BCUT2D eigenvalue weighted by atomic mass is 19.1. The molecule has 2 nitrogen and oxygen atoms in total. The average Bonchev–Trinajstić information content (AvgIpc) is 2.68. The average molecular weight is 258 g/mol. The summed E-state index contributed by atoms with van der Waals surface area (Å²) >= 11 is 0. The van der Waals surface area contributed by atoms with Crippen LogP contribution in [0, 0.1) is 17.2 Å². The maximum Gasteiger partial charge on any atom is 0.123 e. The Morgan fingerprint density at radius 2 is 2.05 bits per heavy atom. The molecule has 0 radical (unpaired) electrons. The first-order valence-corrected chi connectivity index (χ1v) is 6.80. The fourth-order valence-corrected chi connectivity index (χ4v) is 2.83. The highest BCUT2D eigenvalue weighted by Crippen LogP contribution is 2.31. The Labute approximate surface area is 113 Å². The molecule has 2 heterocycles. The lowest BCUT2D eigenvalue weighted by molar-refractivity contribution is 0.537. The quantitative estimate of drug-likeness (QED) is 0.866. The van der Waals surface area contributed by atoms with E-state index in [2.05, 4.69) is 25.2 Å². The van der Waals surface area contributed by atoms with Crippen molar-refractivity contribution >= 4 is 5.71 Å². The summed E-state index contributed by atoms with van der Waals surface area (Å²) in [4.78, 5) is 4.75. The molecule has 2 aliphatic heterocycles. The summed E-state index contributed by atoms with van der Waals surface area (Å²) in [5, 5.41) is 3.44. The lowest BCUT2D eigenvalue weighted by Crippen LogP contribution is -2.25. The zero-order chi connectivity index (χ0) is 13.5. The monoisotopic (exact) mass is 258 g/mol. The van der Waals surface area contributed by atoms with E-state index in [-0.39, 0.29) is 11.2 Å². The third kappa shape index (κ3) is 2.42. The van der Waals surface area contributed by atoms with Crippen LogP contribution in [0.5, 0.6) is 0 Å². The number of allylic oxidation sites excluding steroid dienone is 1. The van der Waals surface area contributed by atoms with E-state index in [9.17, 15) is 4.39 Å². The summed E-state index contributed by atoms with van der Waals surface area (Å²) in [5.41, 5.74) is 3.72. The van der Waals surface area contributed by atoms with Crippen molar-refractivity contribution in [3.8, 4) is 0 Å². The molecule has 100 valence electrons. The van der Waals surface area contributed by atoms with Gasteiger partial charge in [-0.25, -0.2) is 4.39 Å². The highest BCUT2D eigenvalue weighted by Gasteiger charge is 2.36. The fraction of sp³-hybridized carbons (Fsp3) is 0.438. The van der Waals surface area contributed by atoms with Gasteiger partial charge in [0.1, 0.15) is 5.82 Å². The molecular formula is C16H19FN2. The van der Waals surface area contributed by atoms with Gasteiger partial charge in [0.2, 0.25) is 0 Å². The van der Waals surface area contributed by atoms with Gasteiger partial charge in [0.05, 0.1) is 11.4 Å². The zero-order valence-corrected chi connectivity index (χ0v) is 11.4. The molecule has 0 aliphatic carbocycles. The first-order valence-electron chi connectivity index (χ1n) is 6.80. The summed E-state index contributed by atoms with van der Waals surface area (Å²) in [6.07, 6.45) is 3.21. The number of dihydropyridines is 1. The molecule has 0 aromatic heterocycles. The van der Waals surface area contributed by atoms with Crippen molar-refractivity contribution in [3.63, 3.8) is 0 Å². The first-order chi connectivity index (χ1) is 9.04. The largest absolute Gasteiger partial charge is 0.383 e. The molecule has 0 amide bonds. The number of hydrogen-bond donors (Lipinski definition) is 1. The Morgan fingerprint density at radius 1 is 1.32 bits per heavy atom. The minimum Gasteiger partial charge on any atom is -0.383 e. The van der Waals surface area contributed by atoms with E-state index in [1.54, 1.807) is 0 Å². The standard InChI is InChI=1S/C16H19FN2/c1-16(2)10-19-14-8-12(9-18-15(14)16)7-11-3-5-13(17)6-4-11/h3-6,8,12,19H,7,9-10H2,1-2H3/t12-/m0/s1. The van der Waals surface area contributed by atoms with Crippen molar-refractivity contribution in [2.24, 2.45) is 16.3 Å². The summed E-state index contributed by atoms with van der Waals surface area (Å²) in [6, 6.07) is 6.77. The van der Waals surface area contributed by atoms with Crippen molar-refractivity contribution in [3.05, 3.63) is 47.4 Å². The van der Waals surface area contributed by atoms with Gasteiger partial charge in [0.25, 0.3) is 0 Å². The second kappa shape index (κ2) is 4.48. The molecule has 0 spiro atoms. The van der Waals surface area contributed by atoms with Crippen LogP contribution in [-0.4, -0.2) is 18.8 Å². The van der Waals surface area contributed by atoms with Crippen LogP contribution in [0.25, 0.3) is 0 Å². The van der Waals surface area contributed by atoms with Crippen LogP contribution in [0.4, 0.5) is 4.39 Å². The van der Waals surface area contributed by atoms with Gasteiger partial charge >= 0.3 is 0 Å². The number of hydrogen-bond acceptors (Lipinski definition) is 2. The summed E-state index contributed by atoms with van der Waals surface area (Å²) < 4.78 is 12.9. The van der Waals surface area contributed by atoms with Crippen LogP contribution < -0.4 is 5.32 Å². The topological polar surface area (TPSA) is 24.4 Å². The van der Waals surface area contributed by atoms with Gasteiger partial charge in [0.15, 0.2) is 0 Å². The van der Waals surface area contributed by atoms with Crippen molar-refractivity contribution in [1.82, 2.24) is 5.32 Å². The van der Waals surface area contributed by atoms with Gasteiger partial charge in [-0.1, -0.05) is 32.1 Å². The maximum atomic E-state index is 12.9. The molecule has 1 fully saturated rings. The molecular weight excluding hydrogens is 239 g/mol. The van der Waals surface area contributed by atoms with Gasteiger partial charge in [-0.3, -0.25) is 4.99 Å². The number of benzene rings is 1. The van der Waals surface area contributed by atoms with Gasteiger partial charge in [0, 0.05) is 24.4 Å². The van der Waals surface area contributed by atoms with E-state index in [0.29, 0.717) is 5.92 Å². The van der Waals surface area contributed by atoms with Crippen LogP contribution in [-0.2, 0) is 6.42 Å². The highest BCUT2D eigenvalue weighted by molar-refractivity contribution is 6.06. The molecule has 19 heavy (non-hydrogen) atoms. The molecule has 3 heteroatoms.